The van der Waals surface area contributed by atoms with Crippen molar-refractivity contribution in [3.8, 4) is 5.75 Å². The molecule has 8 heteroatoms. The van der Waals surface area contributed by atoms with Gasteiger partial charge in [-0.15, -0.1) is 11.8 Å². The second kappa shape index (κ2) is 9.05. The first-order valence-electron chi connectivity index (χ1n) is 9.53. The molecular formula is C20H26F3NO3S. The fourth-order valence-electron chi connectivity index (χ4n) is 3.79. The molecule has 3 rings (SSSR count). The van der Waals surface area contributed by atoms with Crippen LogP contribution in [-0.2, 0) is 10.9 Å². The van der Waals surface area contributed by atoms with Crippen LogP contribution in [0.25, 0.3) is 0 Å². The number of methoxy groups -OCH3 is 1. The van der Waals surface area contributed by atoms with E-state index in [1.165, 1.54) is 13.5 Å². The van der Waals surface area contributed by atoms with Crippen LogP contribution in [0.2, 0.25) is 0 Å². The summed E-state index contributed by atoms with van der Waals surface area (Å²) in [5, 5.41) is 3.63. The number of thioether (sulfide) groups is 1. The minimum atomic E-state index is -4.49. The van der Waals surface area contributed by atoms with Gasteiger partial charge in [0.2, 0.25) is 0 Å². The maximum absolute atomic E-state index is 13.2. The summed E-state index contributed by atoms with van der Waals surface area (Å²) in [5.74, 6) is -0.223. The maximum Gasteiger partial charge on any atom is 0.416 e. The highest BCUT2D eigenvalue weighted by Gasteiger charge is 2.35. The fraction of sp³-hybridized carbons (Fsp3) is 0.650. The Morgan fingerprint density at radius 1 is 1.32 bits per heavy atom. The minimum absolute atomic E-state index is 0.00329. The van der Waals surface area contributed by atoms with Crippen molar-refractivity contribution in [1.82, 2.24) is 5.32 Å². The van der Waals surface area contributed by atoms with Crippen molar-refractivity contribution in [2.75, 3.05) is 26.6 Å². The molecule has 1 aliphatic carbocycles. The number of rotatable bonds is 7. The number of hydrogen-bond donors (Lipinski definition) is 1. The van der Waals surface area contributed by atoms with E-state index >= 15 is 0 Å². The smallest absolute Gasteiger partial charge is 0.416 e. The molecule has 0 amide bonds. The molecular weight excluding hydrogens is 391 g/mol. The standard InChI is InChI=1S/C20H26F3NO3S/c1-26-17-9-13(20(21,22)23)10-18(28-2)19(17)16(25)8-12-11-27-7-6-15(12)24-14-4-3-5-14/h9-10,12,14-15,24H,3-8,11H2,1-2H3/t12-,15+/m0/s1. The van der Waals surface area contributed by atoms with Gasteiger partial charge in [0.1, 0.15) is 5.75 Å². The molecule has 28 heavy (non-hydrogen) atoms. The first-order valence-corrected chi connectivity index (χ1v) is 10.8. The van der Waals surface area contributed by atoms with Crippen molar-refractivity contribution in [2.24, 2.45) is 5.92 Å². The van der Waals surface area contributed by atoms with Gasteiger partial charge in [0, 0.05) is 35.9 Å². The van der Waals surface area contributed by atoms with Gasteiger partial charge in [-0.25, -0.2) is 0 Å². The first kappa shape index (κ1) is 21.5. The lowest BCUT2D eigenvalue weighted by Crippen LogP contribution is -2.50. The monoisotopic (exact) mass is 417 g/mol. The van der Waals surface area contributed by atoms with Gasteiger partial charge in [0.05, 0.1) is 24.8 Å². The maximum atomic E-state index is 13.2. The average Bonchev–Trinajstić information content (AvgIpc) is 2.63. The summed E-state index contributed by atoms with van der Waals surface area (Å²) in [4.78, 5) is 13.4. The topological polar surface area (TPSA) is 47.6 Å². The van der Waals surface area contributed by atoms with E-state index in [0.717, 1.165) is 43.2 Å². The van der Waals surface area contributed by atoms with Crippen LogP contribution < -0.4 is 10.1 Å². The predicted molar refractivity (Wildman–Crippen MR) is 102 cm³/mol. The van der Waals surface area contributed by atoms with Crippen molar-refractivity contribution in [1.29, 1.82) is 0 Å². The molecule has 4 nitrogen and oxygen atoms in total. The van der Waals surface area contributed by atoms with Gasteiger partial charge < -0.3 is 14.8 Å². The van der Waals surface area contributed by atoms with Gasteiger partial charge in [-0.3, -0.25) is 4.79 Å². The summed E-state index contributed by atoms with van der Waals surface area (Å²) in [6.45, 7) is 1.14. The zero-order valence-corrected chi connectivity index (χ0v) is 16.9. The molecule has 2 aliphatic rings. The van der Waals surface area contributed by atoms with E-state index in [4.69, 9.17) is 9.47 Å². The van der Waals surface area contributed by atoms with Crippen molar-refractivity contribution in [3.05, 3.63) is 23.3 Å². The summed E-state index contributed by atoms with van der Waals surface area (Å²) in [6, 6.07) is 2.64. The predicted octanol–water partition coefficient (Wildman–Crippen LogP) is 4.56. The number of halogens is 3. The summed E-state index contributed by atoms with van der Waals surface area (Å²) >= 11 is 1.12. The summed E-state index contributed by atoms with van der Waals surface area (Å²) in [7, 11) is 1.29. The number of carbonyl (C=O) groups excluding carboxylic acids is 1. The number of Topliss-reactive ketones (excluding diaryl/α,β-unsaturated/α-hetero) is 1. The largest absolute Gasteiger partial charge is 0.496 e. The second-order valence-electron chi connectivity index (χ2n) is 7.41. The Labute approximate surface area is 167 Å². The average molecular weight is 417 g/mol. The van der Waals surface area contributed by atoms with Crippen LogP contribution in [-0.4, -0.2) is 44.4 Å². The molecule has 1 saturated carbocycles. The zero-order valence-electron chi connectivity index (χ0n) is 16.1. The normalized spacial score (nSPS) is 23.3. The molecule has 2 atom stereocenters. The third-order valence-corrected chi connectivity index (χ3v) is 6.35. The highest BCUT2D eigenvalue weighted by Crippen LogP contribution is 2.39. The van der Waals surface area contributed by atoms with Gasteiger partial charge in [-0.05, 0) is 37.7 Å². The van der Waals surface area contributed by atoms with Crippen LogP contribution in [0.4, 0.5) is 13.2 Å². The van der Waals surface area contributed by atoms with Crippen LogP contribution in [0.5, 0.6) is 5.75 Å². The molecule has 1 aliphatic heterocycles. The number of nitrogens with one attached hydrogen (secondary N) is 1. The van der Waals surface area contributed by atoms with Gasteiger partial charge in [-0.1, -0.05) is 6.42 Å². The molecule has 0 radical (unpaired) electrons. The Hall–Kier alpha value is -1.25. The molecule has 1 aromatic carbocycles. The van der Waals surface area contributed by atoms with E-state index in [1.54, 1.807) is 6.26 Å². The Morgan fingerprint density at radius 2 is 2.07 bits per heavy atom. The van der Waals surface area contributed by atoms with Gasteiger partial charge in [-0.2, -0.15) is 13.2 Å². The Morgan fingerprint density at radius 3 is 2.64 bits per heavy atom. The van der Waals surface area contributed by atoms with Crippen molar-refractivity contribution >= 4 is 17.5 Å². The number of ether oxygens (including phenoxy) is 2. The quantitative estimate of drug-likeness (QED) is 0.521. The van der Waals surface area contributed by atoms with Crippen molar-refractivity contribution < 1.29 is 27.4 Å². The van der Waals surface area contributed by atoms with Crippen LogP contribution >= 0.6 is 11.8 Å². The Bertz CT molecular complexity index is 681. The second-order valence-corrected chi connectivity index (χ2v) is 8.25. The number of carbonyl (C=O) groups is 1. The van der Waals surface area contributed by atoms with Gasteiger partial charge >= 0.3 is 6.18 Å². The van der Waals surface area contributed by atoms with Crippen LogP contribution in [0.15, 0.2) is 17.0 Å². The van der Waals surface area contributed by atoms with Crippen LogP contribution in [0, 0.1) is 5.92 Å². The molecule has 0 unspecified atom stereocenters. The molecule has 0 aromatic heterocycles. The lowest BCUT2D eigenvalue weighted by atomic mass is 9.85. The van der Waals surface area contributed by atoms with Gasteiger partial charge in [0.25, 0.3) is 0 Å². The molecule has 2 fully saturated rings. The van der Waals surface area contributed by atoms with E-state index in [2.05, 4.69) is 5.32 Å². The molecule has 1 N–H and O–H groups in total. The zero-order chi connectivity index (χ0) is 20.3. The molecule has 0 spiro atoms. The minimum Gasteiger partial charge on any atom is -0.496 e. The number of ketones is 1. The molecule has 1 aromatic rings. The fourth-order valence-corrected chi connectivity index (χ4v) is 4.45. The highest BCUT2D eigenvalue weighted by atomic mass is 32.2. The molecule has 156 valence electrons. The first-order chi connectivity index (χ1) is 13.3. The van der Waals surface area contributed by atoms with Crippen LogP contribution in [0.3, 0.4) is 0 Å². The lowest BCUT2D eigenvalue weighted by Gasteiger charge is -2.38. The SMILES string of the molecule is COc1cc(C(F)(F)F)cc(SC)c1C(=O)C[C@H]1COCC[C@H]1NC1CCC1. The Balaban J connectivity index is 1.82. The molecule has 0 bridgehead atoms. The lowest BCUT2D eigenvalue weighted by molar-refractivity contribution is -0.137. The highest BCUT2D eigenvalue weighted by molar-refractivity contribution is 7.98. The summed E-state index contributed by atoms with van der Waals surface area (Å²) < 4.78 is 50.2. The molecule has 1 saturated heterocycles. The summed E-state index contributed by atoms with van der Waals surface area (Å²) in [5.41, 5.74) is -0.577. The number of benzene rings is 1. The number of hydrogen-bond acceptors (Lipinski definition) is 5. The van der Waals surface area contributed by atoms with E-state index < -0.39 is 11.7 Å². The van der Waals surface area contributed by atoms with E-state index in [0.29, 0.717) is 19.3 Å². The van der Waals surface area contributed by atoms with Crippen LogP contribution in [0.1, 0.15) is 48.0 Å². The van der Waals surface area contributed by atoms with E-state index in [-0.39, 0.29) is 40.4 Å². The number of alkyl halides is 3. The van der Waals surface area contributed by atoms with Gasteiger partial charge in [0.15, 0.2) is 5.78 Å². The third-order valence-electron chi connectivity index (χ3n) is 5.59. The van der Waals surface area contributed by atoms with Crippen molar-refractivity contribution in [2.45, 2.75) is 55.3 Å². The van der Waals surface area contributed by atoms with E-state index in [9.17, 15) is 18.0 Å². The Kier molecular flexibility index (Phi) is 6.94. The third kappa shape index (κ3) is 4.83. The molecule has 1 heterocycles. The van der Waals surface area contributed by atoms with E-state index in [1.807, 2.05) is 0 Å². The van der Waals surface area contributed by atoms with Crippen molar-refractivity contribution in [3.63, 3.8) is 0 Å². The summed E-state index contributed by atoms with van der Waals surface area (Å²) in [6.07, 6.45) is 1.77.